The summed E-state index contributed by atoms with van der Waals surface area (Å²) >= 11 is 4.36. The SMILES string of the molecule is COC(=O)C1=C[C@@](C)(c2cc(Br)ccc2F)N/C(=N/[C@@H](OCC[Si](C)(C)C)C(=O)OC(C)(C)C)S1. The number of ether oxygens (including phenoxy) is 3. The molecule has 0 saturated carbocycles. The van der Waals surface area contributed by atoms with Gasteiger partial charge in [-0.3, -0.25) is 0 Å². The van der Waals surface area contributed by atoms with Gasteiger partial charge in [0.15, 0.2) is 5.17 Å². The summed E-state index contributed by atoms with van der Waals surface area (Å²) in [5.74, 6) is -1.71. The van der Waals surface area contributed by atoms with Crippen molar-refractivity contribution < 1.29 is 28.2 Å². The molecule has 0 fully saturated rings. The van der Waals surface area contributed by atoms with Gasteiger partial charge in [0.05, 0.1) is 17.6 Å². The van der Waals surface area contributed by atoms with Gasteiger partial charge in [-0.1, -0.05) is 35.6 Å². The number of hydrogen-bond acceptors (Lipinski definition) is 7. The molecule has 0 spiro atoms. The molecule has 194 valence electrons. The summed E-state index contributed by atoms with van der Waals surface area (Å²) in [7, 11) is -0.164. The molecule has 1 heterocycles. The topological polar surface area (TPSA) is 86.2 Å². The van der Waals surface area contributed by atoms with E-state index in [1.54, 1.807) is 45.9 Å². The highest BCUT2D eigenvalue weighted by Gasteiger charge is 2.37. The predicted molar refractivity (Wildman–Crippen MR) is 143 cm³/mol. The molecular formula is C24H34BrFN2O5SSi. The van der Waals surface area contributed by atoms with Gasteiger partial charge in [0.1, 0.15) is 11.4 Å². The fourth-order valence-corrected chi connectivity index (χ4v) is 5.25. The van der Waals surface area contributed by atoms with Crippen molar-refractivity contribution in [3.05, 3.63) is 45.0 Å². The molecule has 0 aromatic heterocycles. The van der Waals surface area contributed by atoms with Gasteiger partial charge in [0.25, 0.3) is 0 Å². The molecule has 0 aliphatic carbocycles. The van der Waals surface area contributed by atoms with E-state index < -0.39 is 43.2 Å². The number of benzene rings is 1. The van der Waals surface area contributed by atoms with Gasteiger partial charge < -0.3 is 19.5 Å². The molecule has 1 aliphatic heterocycles. The summed E-state index contributed by atoms with van der Waals surface area (Å²) in [4.78, 5) is 30.1. The van der Waals surface area contributed by atoms with E-state index >= 15 is 0 Å². The molecule has 0 amide bonds. The van der Waals surface area contributed by atoms with Gasteiger partial charge in [0, 0.05) is 24.7 Å². The monoisotopic (exact) mass is 588 g/mol. The van der Waals surface area contributed by atoms with Crippen molar-refractivity contribution >= 4 is 52.9 Å². The lowest BCUT2D eigenvalue weighted by Crippen LogP contribution is -2.46. The van der Waals surface area contributed by atoms with E-state index in [1.807, 2.05) is 0 Å². The Morgan fingerprint density at radius 1 is 1.29 bits per heavy atom. The first-order valence-electron chi connectivity index (χ1n) is 11.2. The second-order valence-corrected chi connectivity index (χ2v) is 18.1. The van der Waals surface area contributed by atoms with Crippen LogP contribution in [-0.4, -0.2) is 50.7 Å². The van der Waals surface area contributed by atoms with E-state index in [9.17, 15) is 14.0 Å². The Hall–Kier alpha value is -1.69. The highest BCUT2D eigenvalue weighted by Crippen LogP contribution is 2.36. The summed E-state index contributed by atoms with van der Waals surface area (Å²) in [5.41, 5.74) is -1.61. The van der Waals surface area contributed by atoms with Crippen molar-refractivity contribution in [1.29, 1.82) is 0 Å². The van der Waals surface area contributed by atoms with Gasteiger partial charge in [-0.15, -0.1) is 0 Å². The maximum atomic E-state index is 14.8. The zero-order valence-corrected chi connectivity index (χ0v) is 24.9. The van der Waals surface area contributed by atoms with Crippen LogP contribution in [0.2, 0.25) is 25.7 Å². The molecule has 0 unspecified atom stereocenters. The summed E-state index contributed by atoms with van der Waals surface area (Å²) < 4.78 is 31.8. The Morgan fingerprint density at radius 2 is 1.94 bits per heavy atom. The van der Waals surface area contributed by atoms with Crippen molar-refractivity contribution in [1.82, 2.24) is 5.32 Å². The van der Waals surface area contributed by atoms with Crippen LogP contribution in [0.3, 0.4) is 0 Å². The molecule has 1 aromatic carbocycles. The smallest absolute Gasteiger partial charge is 0.359 e. The number of carbonyl (C=O) groups is 2. The Balaban J connectivity index is 2.49. The molecule has 35 heavy (non-hydrogen) atoms. The Labute approximate surface area is 220 Å². The van der Waals surface area contributed by atoms with Crippen LogP contribution in [0.15, 0.2) is 38.6 Å². The van der Waals surface area contributed by atoms with E-state index in [4.69, 9.17) is 14.2 Å². The summed E-state index contributed by atoms with van der Waals surface area (Å²) in [6.45, 7) is 13.9. The average molecular weight is 590 g/mol. The molecular weight excluding hydrogens is 555 g/mol. The zero-order valence-electron chi connectivity index (χ0n) is 21.5. The second kappa shape index (κ2) is 11.6. The number of thioether (sulfide) groups is 1. The zero-order chi connectivity index (χ0) is 26.6. The van der Waals surface area contributed by atoms with Crippen LogP contribution in [0.1, 0.15) is 33.3 Å². The highest BCUT2D eigenvalue weighted by molar-refractivity contribution is 9.10. The van der Waals surface area contributed by atoms with Crippen molar-refractivity contribution in [3.63, 3.8) is 0 Å². The lowest BCUT2D eigenvalue weighted by molar-refractivity contribution is -0.167. The largest absolute Gasteiger partial charge is 0.465 e. The maximum Gasteiger partial charge on any atom is 0.359 e. The Kier molecular flexibility index (Phi) is 9.77. The average Bonchev–Trinajstić information content (AvgIpc) is 2.71. The molecule has 1 aromatic rings. The summed E-state index contributed by atoms with van der Waals surface area (Å²) in [6.07, 6.45) is 0.330. The number of carbonyl (C=O) groups excluding carboxylic acids is 2. The summed E-state index contributed by atoms with van der Waals surface area (Å²) in [6, 6.07) is 5.37. The van der Waals surface area contributed by atoms with Gasteiger partial charge >= 0.3 is 11.9 Å². The number of nitrogens with zero attached hydrogens (tertiary/aromatic N) is 1. The highest BCUT2D eigenvalue weighted by atomic mass is 79.9. The quantitative estimate of drug-likeness (QED) is 0.313. The fourth-order valence-electron chi connectivity index (χ4n) is 3.07. The third kappa shape index (κ3) is 9.04. The molecule has 1 N–H and O–H groups in total. The molecule has 11 heteroatoms. The third-order valence-corrected chi connectivity index (χ3v) is 7.94. The number of hydrogen-bond donors (Lipinski definition) is 1. The van der Waals surface area contributed by atoms with Crippen LogP contribution < -0.4 is 5.32 Å². The number of esters is 2. The molecule has 1 aliphatic rings. The van der Waals surface area contributed by atoms with Gasteiger partial charge in [-0.2, -0.15) is 0 Å². The van der Waals surface area contributed by atoms with Crippen LogP contribution in [0.25, 0.3) is 0 Å². The summed E-state index contributed by atoms with van der Waals surface area (Å²) in [5, 5.41) is 3.37. The molecule has 2 atom stereocenters. The van der Waals surface area contributed by atoms with Gasteiger partial charge in [-0.25, -0.2) is 19.0 Å². The van der Waals surface area contributed by atoms with Crippen LogP contribution in [0.5, 0.6) is 0 Å². The lowest BCUT2D eigenvalue weighted by Gasteiger charge is -2.34. The van der Waals surface area contributed by atoms with E-state index in [-0.39, 0.29) is 15.6 Å². The lowest BCUT2D eigenvalue weighted by atomic mass is 9.91. The Bertz CT molecular complexity index is 1020. The van der Waals surface area contributed by atoms with Crippen LogP contribution >= 0.6 is 27.7 Å². The molecule has 7 nitrogen and oxygen atoms in total. The minimum atomic E-state index is -1.43. The van der Waals surface area contributed by atoms with Crippen molar-refractivity contribution in [2.24, 2.45) is 4.99 Å². The van der Waals surface area contributed by atoms with E-state index in [1.165, 1.54) is 13.2 Å². The number of aliphatic imine (C=N–C) groups is 1. The van der Waals surface area contributed by atoms with Gasteiger partial charge in [0.2, 0.25) is 6.23 Å². The normalized spacial score (nSPS) is 20.6. The molecule has 2 rings (SSSR count). The minimum Gasteiger partial charge on any atom is -0.465 e. The minimum absolute atomic E-state index is 0.205. The van der Waals surface area contributed by atoms with E-state index in [0.29, 0.717) is 11.1 Å². The van der Waals surface area contributed by atoms with Crippen LogP contribution in [0, 0.1) is 5.82 Å². The fraction of sp³-hybridized carbons (Fsp3) is 0.542. The first-order valence-corrected chi connectivity index (χ1v) is 16.5. The Morgan fingerprint density at radius 3 is 2.51 bits per heavy atom. The van der Waals surface area contributed by atoms with Crippen molar-refractivity contribution in [2.45, 2.75) is 70.7 Å². The first-order chi connectivity index (χ1) is 16.0. The standard InChI is InChI=1S/C24H34BrFN2O5SSi/c1-23(2,3)33-21(30)19(32-11-12-35(6,7)8)27-22-28-24(4,14-18(34-22)20(29)31-5)16-13-15(25)9-10-17(16)26/h9-10,13-14,19H,11-12H2,1-8H3,(H,27,28)/t19-,24-/m0/s1. The maximum absolute atomic E-state index is 14.8. The van der Waals surface area contributed by atoms with E-state index in [2.05, 4.69) is 45.9 Å². The second-order valence-electron chi connectivity index (χ2n) is 10.6. The molecule has 0 radical (unpaired) electrons. The van der Waals surface area contributed by atoms with Crippen molar-refractivity contribution in [2.75, 3.05) is 13.7 Å². The number of rotatable bonds is 8. The number of methoxy groups -OCH3 is 1. The molecule has 0 bridgehead atoms. The van der Waals surface area contributed by atoms with E-state index in [0.717, 1.165) is 17.8 Å². The molecule has 0 saturated heterocycles. The number of amidine groups is 1. The third-order valence-electron chi connectivity index (χ3n) is 4.84. The first kappa shape index (κ1) is 29.5. The van der Waals surface area contributed by atoms with Gasteiger partial charge in [-0.05, 0) is 69.8 Å². The van der Waals surface area contributed by atoms with Crippen molar-refractivity contribution in [3.8, 4) is 0 Å². The number of nitrogens with one attached hydrogen (secondary N) is 1. The van der Waals surface area contributed by atoms with Crippen LogP contribution in [0.4, 0.5) is 4.39 Å². The predicted octanol–water partition coefficient (Wildman–Crippen LogP) is 5.58. The van der Waals surface area contributed by atoms with Crippen LogP contribution in [-0.2, 0) is 29.3 Å². The number of halogens is 2.